The van der Waals surface area contributed by atoms with Crippen LogP contribution in [0.4, 0.5) is 17.5 Å². The van der Waals surface area contributed by atoms with Crippen LogP contribution < -0.4 is 20.3 Å². The normalized spacial score (nSPS) is 17.8. The molecular weight excluding hydrogens is 388 g/mol. The molecule has 3 aromatic rings. The molecule has 1 atom stereocenters. The van der Waals surface area contributed by atoms with Crippen molar-refractivity contribution in [2.24, 2.45) is 4.99 Å². The van der Waals surface area contributed by atoms with E-state index >= 15 is 0 Å². The maximum atomic E-state index is 5.51. The highest BCUT2D eigenvalue weighted by molar-refractivity contribution is 5.86. The number of hydrogen-bond donors (Lipinski definition) is 2. The van der Waals surface area contributed by atoms with Crippen molar-refractivity contribution in [1.29, 1.82) is 0 Å². The molecule has 0 radical (unpaired) electrons. The van der Waals surface area contributed by atoms with Crippen LogP contribution in [-0.4, -0.2) is 42.9 Å². The summed E-state index contributed by atoms with van der Waals surface area (Å²) < 4.78 is 5.51. The number of rotatable bonds is 5. The molecule has 2 aliphatic rings. The number of benzene rings is 2. The number of methoxy groups -OCH3 is 1. The van der Waals surface area contributed by atoms with E-state index in [-0.39, 0.29) is 0 Å². The largest absolute Gasteiger partial charge is 0.491 e. The summed E-state index contributed by atoms with van der Waals surface area (Å²) in [5.74, 6) is 1.99. The van der Waals surface area contributed by atoms with Gasteiger partial charge in [0, 0.05) is 37.6 Å². The molecule has 1 fully saturated rings. The molecule has 2 aliphatic heterocycles. The number of nitrogens with one attached hydrogen (secondary N) is 2. The van der Waals surface area contributed by atoms with Crippen molar-refractivity contribution in [3.63, 3.8) is 0 Å². The fourth-order valence-electron chi connectivity index (χ4n) is 4.11. The van der Waals surface area contributed by atoms with Crippen molar-refractivity contribution in [2.45, 2.75) is 19.0 Å². The van der Waals surface area contributed by atoms with E-state index in [0.29, 0.717) is 23.6 Å². The molecule has 0 saturated carbocycles. The van der Waals surface area contributed by atoms with Crippen LogP contribution in [0.1, 0.15) is 29.2 Å². The molecule has 1 unspecified atom stereocenters. The van der Waals surface area contributed by atoms with Crippen LogP contribution in [0.15, 0.2) is 59.7 Å². The lowest BCUT2D eigenvalue weighted by Gasteiger charge is -2.21. The molecule has 0 bridgehead atoms. The zero-order valence-electron chi connectivity index (χ0n) is 17.6. The summed E-state index contributed by atoms with van der Waals surface area (Å²) in [6.45, 7) is 3.36. The topological polar surface area (TPSA) is 74.7 Å². The second-order valence-electron chi connectivity index (χ2n) is 7.79. The fourth-order valence-corrected chi connectivity index (χ4v) is 4.11. The molecule has 158 valence electrons. The molecule has 7 heteroatoms. The molecule has 0 aliphatic carbocycles. The van der Waals surface area contributed by atoms with Crippen LogP contribution in [-0.2, 0) is 6.54 Å². The summed E-state index contributed by atoms with van der Waals surface area (Å²) in [7, 11) is 1.64. The third kappa shape index (κ3) is 4.22. The third-order valence-corrected chi connectivity index (χ3v) is 5.81. The van der Waals surface area contributed by atoms with E-state index < -0.39 is 0 Å². The molecule has 0 spiro atoms. The second kappa shape index (κ2) is 8.73. The monoisotopic (exact) mass is 414 g/mol. The maximum absolute atomic E-state index is 5.51. The highest BCUT2D eigenvalue weighted by atomic mass is 16.5. The number of aliphatic imine (C=N–C) groups is 1. The van der Waals surface area contributed by atoms with Crippen molar-refractivity contribution in [3.05, 3.63) is 71.4 Å². The molecule has 31 heavy (non-hydrogen) atoms. The van der Waals surface area contributed by atoms with Gasteiger partial charge in [-0.25, -0.2) is 4.98 Å². The number of nitrogens with zero attached hydrogens (tertiary/aromatic N) is 4. The van der Waals surface area contributed by atoms with E-state index in [9.17, 15) is 0 Å². The Labute approximate surface area is 182 Å². The van der Waals surface area contributed by atoms with Gasteiger partial charge in [0.2, 0.25) is 5.95 Å². The van der Waals surface area contributed by atoms with Crippen LogP contribution in [0.3, 0.4) is 0 Å². The van der Waals surface area contributed by atoms with E-state index in [2.05, 4.69) is 74.0 Å². The van der Waals surface area contributed by atoms with Gasteiger partial charge in [-0.1, -0.05) is 36.4 Å². The first-order valence-corrected chi connectivity index (χ1v) is 10.6. The van der Waals surface area contributed by atoms with Gasteiger partial charge in [-0.05, 0) is 35.2 Å². The molecule has 3 heterocycles. The van der Waals surface area contributed by atoms with Gasteiger partial charge in [-0.2, -0.15) is 4.98 Å². The smallest absolute Gasteiger partial charge is 0.227 e. The van der Waals surface area contributed by atoms with Gasteiger partial charge in [0.05, 0.1) is 19.9 Å². The van der Waals surface area contributed by atoms with Crippen LogP contribution in [0.25, 0.3) is 0 Å². The van der Waals surface area contributed by atoms with Crippen LogP contribution in [0.5, 0.6) is 5.75 Å². The summed E-state index contributed by atoms with van der Waals surface area (Å²) >= 11 is 0. The SMILES string of the molecule is COc1cnc(N2CCNC(c3ccccc3)CC2)nc1Nc1ccc2c(c1)C=NC2. The van der Waals surface area contributed by atoms with E-state index in [0.717, 1.165) is 43.9 Å². The van der Waals surface area contributed by atoms with Crippen LogP contribution in [0.2, 0.25) is 0 Å². The lowest BCUT2D eigenvalue weighted by Crippen LogP contribution is -2.29. The Bertz CT molecular complexity index is 1080. The summed E-state index contributed by atoms with van der Waals surface area (Å²) in [6, 6.07) is 17.2. The Balaban J connectivity index is 1.35. The standard InChI is InChI=1S/C24H26N6O/c1-31-22-16-27-24(29-23(22)28-20-8-7-18-14-25-15-19(18)13-20)30-11-9-21(26-10-12-30)17-5-3-2-4-6-17/h2-8,13,15-16,21,26H,9-12,14H2,1H3,(H,27,28,29). The maximum Gasteiger partial charge on any atom is 0.227 e. The Morgan fingerprint density at radius 1 is 1.13 bits per heavy atom. The van der Waals surface area contributed by atoms with Gasteiger partial charge in [0.1, 0.15) is 0 Å². The minimum atomic E-state index is 0.343. The van der Waals surface area contributed by atoms with Gasteiger partial charge in [0.15, 0.2) is 11.6 Å². The molecule has 2 aromatic carbocycles. The lowest BCUT2D eigenvalue weighted by molar-refractivity contribution is 0.413. The summed E-state index contributed by atoms with van der Waals surface area (Å²) in [5.41, 5.74) is 4.66. The highest BCUT2D eigenvalue weighted by Gasteiger charge is 2.21. The average molecular weight is 415 g/mol. The van der Waals surface area contributed by atoms with Crippen molar-refractivity contribution in [1.82, 2.24) is 15.3 Å². The fraction of sp³-hybridized carbons (Fsp3) is 0.292. The van der Waals surface area contributed by atoms with Crippen molar-refractivity contribution in [2.75, 3.05) is 37.0 Å². The van der Waals surface area contributed by atoms with E-state index in [1.165, 1.54) is 11.1 Å². The number of fused-ring (bicyclic) bond motifs is 1. The second-order valence-corrected chi connectivity index (χ2v) is 7.79. The third-order valence-electron chi connectivity index (χ3n) is 5.81. The minimum absolute atomic E-state index is 0.343. The van der Waals surface area contributed by atoms with Gasteiger partial charge < -0.3 is 20.3 Å². The molecule has 7 nitrogen and oxygen atoms in total. The Kier molecular flexibility index (Phi) is 5.50. The summed E-state index contributed by atoms with van der Waals surface area (Å²) in [4.78, 5) is 15.9. The molecule has 1 saturated heterocycles. The van der Waals surface area contributed by atoms with Gasteiger partial charge >= 0.3 is 0 Å². The zero-order chi connectivity index (χ0) is 21.0. The molecule has 2 N–H and O–H groups in total. The number of anilines is 3. The van der Waals surface area contributed by atoms with Crippen molar-refractivity contribution < 1.29 is 4.74 Å². The Morgan fingerprint density at radius 2 is 2.03 bits per heavy atom. The summed E-state index contributed by atoms with van der Waals surface area (Å²) in [6.07, 6.45) is 4.65. The predicted molar refractivity (Wildman–Crippen MR) is 124 cm³/mol. The average Bonchev–Trinajstić information content (AvgIpc) is 3.14. The lowest BCUT2D eigenvalue weighted by atomic mass is 10.0. The first-order chi connectivity index (χ1) is 15.3. The van der Waals surface area contributed by atoms with Crippen LogP contribution >= 0.6 is 0 Å². The number of aromatic nitrogens is 2. The van der Waals surface area contributed by atoms with E-state index in [1.807, 2.05) is 6.21 Å². The van der Waals surface area contributed by atoms with Gasteiger partial charge in [-0.3, -0.25) is 4.99 Å². The first kappa shape index (κ1) is 19.5. The van der Waals surface area contributed by atoms with Crippen molar-refractivity contribution >= 4 is 23.7 Å². The van der Waals surface area contributed by atoms with Crippen molar-refractivity contribution in [3.8, 4) is 5.75 Å². The molecular formula is C24H26N6O. The van der Waals surface area contributed by atoms with E-state index in [1.54, 1.807) is 13.3 Å². The Hall–Kier alpha value is -3.45. The van der Waals surface area contributed by atoms with E-state index in [4.69, 9.17) is 9.72 Å². The quantitative estimate of drug-likeness (QED) is 0.663. The molecule has 5 rings (SSSR count). The van der Waals surface area contributed by atoms with Crippen LogP contribution in [0, 0.1) is 0 Å². The molecule has 1 aromatic heterocycles. The zero-order valence-corrected chi connectivity index (χ0v) is 17.6. The van der Waals surface area contributed by atoms with Gasteiger partial charge in [-0.15, -0.1) is 0 Å². The highest BCUT2D eigenvalue weighted by Crippen LogP contribution is 2.29. The van der Waals surface area contributed by atoms with Gasteiger partial charge in [0.25, 0.3) is 0 Å². The minimum Gasteiger partial charge on any atom is -0.491 e. The predicted octanol–water partition coefficient (Wildman–Crippen LogP) is 3.70. The Morgan fingerprint density at radius 3 is 2.90 bits per heavy atom. The first-order valence-electron chi connectivity index (χ1n) is 10.6. The summed E-state index contributed by atoms with van der Waals surface area (Å²) in [5, 5.41) is 7.05. The number of hydrogen-bond acceptors (Lipinski definition) is 7. The molecule has 0 amide bonds. The number of ether oxygens (including phenoxy) is 1.